The normalized spacial score (nSPS) is 21.3. The zero-order valence-electron chi connectivity index (χ0n) is 9.17. The Kier molecular flexibility index (Phi) is 3.28. The number of rotatable bonds is 3. The summed E-state index contributed by atoms with van der Waals surface area (Å²) < 4.78 is 22.3. The molecule has 1 aromatic rings. The van der Waals surface area contributed by atoms with Crippen LogP contribution in [-0.4, -0.2) is 26.1 Å². The lowest BCUT2D eigenvalue weighted by Gasteiger charge is -2.09. The van der Waals surface area contributed by atoms with Gasteiger partial charge in [0.25, 0.3) is 0 Å². The van der Waals surface area contributed by atoms with E-state index >= 15 is 0 Å². The number of nitrogens with one attached hydrogen (secondary N) is 1. The van der Waals surface area contributed by atoms with E-state index in [1.807, 2.05) is 30.3 Å². The Labute approximate surface area is 100 Å². The predicted molar refractivity (Wildman–Crippen MR) is 65.0 cm³/mol. The maximum absolute atomic E-state index is 11.6. The van der Waals surface area contributed by atoms with Crippen LogP contribution in [0.4, 0.5) is 0 Å². The molecule has 0 saturated carbocycles. The largest absolute Gasteiger partial charge is 0.349 e. The van der Waals surface area contributed by atoms with Gasteiger partial charge in [-0.05, 0) is 11.6 Å². The van der Waals surface area contributed by atoms with E-state index in [9.17, 15) is 13.2 Å². The summed E-state index contributed by atoms with van der Waals surface area (Å²) in [5, 5.41) is 3.83. The third kappa shape index (κ3) is 3.42. The molecular weight excluding hydrogens is 238 g/mol. The topological polar surface area (TPSA) is 63.2 Å². The summed E-state index contributed by atoms with van der Waals surface area (Å²) in [5.41, 5.74) is 0.912. The zero-order valence-corrected chi connectivity index (χ0v) is 9.98. The molecule has 0 spiro atoms. The molecule has 1 atom stereocenters. The number of carbonyl (C=O) groups excluding carboxylic acids is 1. The molecule has 1 aromatic carbocycles. The first-order valence-corrected chi connectivity index (χ1v) is 7.01. The number of benzene rings is 1. The highest BCUT2D eigenvalue weighted by molar-refractivity contribution is 7.94. The van der Waals surface area contributed by atoms with E-state index in [0.29, 0.717) is 0 Å². The fourth-order valence-electron chi connectivity index (χ4n) is 1.70. The van der Waals surface area contributed by atoms with Crippen molar-refractivity contribution in [3.63, 3.8) is 0 Å². The lowest BCUT2D eigenvalue weighted by atomic mass is 10.1. The predicted octanol–water partition coefficient (Wildman–Crippen LogP) is 0.656. The van der Waals surface area contributed by atoms with E-state index in [1.54, 1.807) is 0 Å². The minimum absolute atomic E-state index is 0.0342. The number of amides is 1. The molecule has 90 valence electrons. The van der Waals surface area contributed by atoms with Crippen molar-refractivity contribution in [1.82, 2.24) is 5.32 Å². The first-order valence-electron chi connectivity index (χ1n) is 5.29. The van der Waals surface area contributed by atoms with Crippen molar-refractivity contribution in [2.45, 2.75) is 12.5 Å². The average molecular weight is 251 g/mol. The van der Waals surface area contributed by atoms with Gasteiger partial charge < -0.3 is 5.32 Å². The van der Waals surface area contributed by atoms with Gasteiger partial charge in [0.15, 0.2) is 9.84 Å². The SMILES string of the molecule is O=C(Cc1ccccc1)NC1C=CS(=O)(=O)C1. The molecule has 5 heteroatoms. The van der Waals surface area contributed by atoms with Gasteiger partial charge >= 0.3 is 0 Å². The van der Waals surface area contributed by atoms with Crippen LogP contribution < -0.4 is 5.32 Å². The molecule has 4 nitrogen and oxygen atoms in total. The smallest absolute Gasteiger partial charge is 0.224 e. The minimum Gasteiger partial charge on any atom is -0.349 e. The maximum atomic E-state index is 11.6. The average Bonchev–Trinajstić information content (AvgIpc) is 2.59. The van der Waals surface area contributed by atoms with Gasteiger partial charge in [-0.1, -0.05) is 30.3 Å². The van der Waals surface area contributed by atoms with Crippen molar-refractivity contribution in [3.05, 3.63) is 47.4 Å². The number of sulfone groups is 1. The highest BCUT2D eigenvalue weighted by Crippen LogP contribution is 2.08. The molecule has 17 heavy (non-hydrogen) atoms. The molecule has 0 saturated heterocycles. The van der Waals surface area contributed by atoms with Gasteiger partial charge in [-0.2, -0.15) is 0 Å². The second-order valence-corrected chi connectivity index (χ2v) is 5.93. The van der Waals surface area contributed by atoms with Crippen LogP contribution in [0.3, 0.4) is 0 Å². The highest BCUT2D eigenvalue weighted by Gasteiger charge is 2.22. The molecule has 2 rings (SSSR count). The summed E-state index contributed by atoms with van der Waals surface area (Å²) in [7, 11) is -3.11. The zero-order chi connectivity index (χ0) is 12.3. The Bertz CT molecular complexity index is 534. The van der Waals surface area contributed by atoms with Crippen LogP contribution in [-0.2, 0) is 21.1 Å². The quantitative estimate of drug-likeness (QED) is 0.858. The van der Waals surface area contributed by atoms with Crippen LogP contribution in [0, 0.1) is 0 Å². The molecule has 1 aliphatic rings. The molecule has 0 fully saturated rings. The van der Waals surface area contributed by atoms with Crippen LogP contribution in [0.25, 0.3) is 0 Å². The maximum Gasteiger partial charge on any atom is 0.224 e. The van der Waals surface area contributed by atoms with Crippen molar-refractivity contribution in [2.24, 2.45) is 0 Å². The molecule has 0 bridgehead atoms. The summed E-state index contributed by atoms with van der Waals surface area (Å²) in [6.45, 7) is 0. The van der Waals surface area contributed by atoms with Gasteiger partial charge in [0.05, 0.1) is 18.2 Å². The summed E-state index contributed by atoms with van der Waals surface area (Å²) in [4.78, 5) is 11.6. The van der Waals surface area contributed by atoms with Crippen LogP contribution in [0.1, 0.15) is 5.56 Å². The second-order valence-electron chi connectivity index (χ2n) is 3.99. The third-order valence-electron chi connectivity index (χ3n) is 2.48. The summed E-state index contributed by atoms with van der Waals surface area (Å²) in [6, 6.07) is 8.94. The second kappa shape index (κ2) is 4.71. The number of hydrogen-bond donors (Lipinski definition) is 1. The minimum atomic E-state index is -3.11. The highest BCUT2D eigenvalue weighted by atomic mass is 32.2. The molecular formula is C12H13NO3S. The first kappa shape index (κ1) is 11.9. The van der Waals surface area contributed by atoms with Crippen LogP contribution in [0.15, 0.2) is 41.8 Å². The van der Waals surface area contributed by atoms with Gasteiger partial charge in [0, 0.05) is 5.41 Å². The van der Waals surface area contributed by atoms with E-state index < -0.39 is 15.9 Å². The van der Waals surface area contributed by atoms with E-state index in [1.165, 1.54) is 6.08 Å². The van der Waals surface area contributed by atoms with Gasteiger partial charge in [-0.3, -0.25) is 4.79 Å². The lowest BCUT2D eigenvalue weighted by molar-refractivity contribution is -0.120. The molecule has 1 aliphatic heterocycles. The van der Waals surface area contributed by atoms with E-state index in [4.69, 9.17) is 0 Å². The monoisotopic (exact) mass is 251 g/mol. The third-order valence-corrected chi connectivity index (χ3v) is 3.88. The van der Waals surface area contributed by atoms with Crippen molar-refractivity contribution in [3.8, 4) is 0 Å². The Morgan fingerprint density at radius 3 is 2.59 bits per heavy atom. The Morgan fingerprint density at radius 1 is 1.29 bits per heavy atom. The fourth-order valence-corrected chi connectivity index (χ4v) is 2.94. The molecule has 0 radical (unpaired) electrons. The molecule has 0 aliphatic carbocycles. The van der Waals surface area contributed by atoms with E-state index in [0.717, 1.165) is 11.0 Å². The first-order chi connectivity index (χ1) is 8.05. The van der Waals surface area contributed by atoms with Gasteiger partial charge in [-0.25, -0.2) is 8.42 Å². The Morgan fingerprint density at radius 2 is 2.00 bits per heavy atom. The molecule has 1 heterocycles. The van der Waals surface area contributed by atoms with E-state index in [2.05, 4.69) is 5.32 Å². The van der Waals surface area contributed by atoms with Crippen LogP contribution in [0.2, 0.25) is 0 Å². The standard InChI is InChI=1S/C12H13NO3S/c14-12(8-10-4-2-1-3-5-10)13-11-6-7-17(15,16)9-11/h1-7,11H,8-9H2,(H,13,14). The fraction of sp³-hybridized carbons (Fsp3) is 0.250. The number of hydrogen-bond acceptors (Lipinski definition) is 3. The van der Waals surface area contributed by atoms with Crippen molar-refractivity contribution in [2.75, 3.05) is 5.75 Å². The van der Waals surface area contributed by atoms with Gasteiger partial charge in [-0.15, -0.1) is 0 Å². The molecule has 0 aromatic heterocycles. The van der Waals surface area contributed by atoms with Crippen molar-refractivity contribution >= 4 is 15.7 Å². The Balaban J connectivity index is 1.89. The van der Waals surface area contributed by atoms with Crippen LogP contribution in [0.5, 0.6) is 0 Å². The van der Waals surface area contributed by atoms with Crippen molar-refractivity contribution in [1.29, 1.82) is 0 Å². The van der Waals surface area contributed by atoms with Gasteiger partial charge in [0.1, 0.15) is 0 Å². The Hall–Kier alpha value is -1.62. The summed E-state index contributed by atoms with van der Waals surface area (Å²) >= 11 is 0. The van der Waals surface area contributed by atoms with Crippen molar-refractivity contribution < 1.29 is 13.2 Å². The molecule has 1 unspecified atom stereocenters. The molecule has 1 amide bonds. The molecule has 1 N–H and O–H groups in total. The summed E-state index contributed by atoms with van der Waals surface area (Å²) in [6.07, 6.45) is 1.78. The summed E-state index contributed by atoms with van der Waals surface area (Å²) in [5.74, 6) is -0.198. The van der Waals surface area contributed by atoms with E-state index in [-0.39, 0.29) is 18.1 Å². The number of carbonyl (C=O) groups is 1. The van der Waals surface area contributed by atoms with Gasteiger partial charge in [0.2, 0.25) is 5.91 Å². The lowest BCUT2D eigenvalue weighted by Crippen LogP contribution is -2.36. The van der Waals surface area contributed by atoms with Crippen LogP contribution >= 0.6 is 0 Å².